The Hall–Kier alpha value is -2.68. The number of carboxylic acid groups (broad SMARTS) is 1. The predicted molar refractivity (Wildman–Crippen MR) is 76.0 cm³/mol. The molecule has 0 radical (unpaired) electrons. The summed E-state index contributed by atoms with van der Waals surface area (Å²) >= 11 is 0. The van der Waals surface area contributed by atoms with Gasteiger partial charge in [0, 0.05) is 6.42 Å². The first-order chi connectivity index (χ1) is 10.1. The Labute approximate surface area is 122 Å². The molecule has 110 valence electrons. The molecule has 1 unspecified atom stereocenters. The smallest absolute Gasteiger partial charge is 0.323 e. The van der Waals surface area contributed by atoms with Crippen LogP contribution in [0.4, 0.5) is 4.79 Å². The Morgan fingerprint density at radius 2 is 2.24 bits per heavy atom. The molecule has 0 aliphatic carbocycles. The predicted octanol–water partition coefficient (Wildman–Crippen LogP) is 0.720. The lowest BCUT2D eigenvalue weighted by molar-refractivity contribution is -0.137. The van der Waals surface area contributed by atoms with Gasteiger partial charge in [0.2, 0.25) is 0 Å². The Kier molecular flexibility index (Phi) is 4.67. The normalized spacial score (nSPS) is 15.5. The number of terminal acetylenes is 1. The average molecular weight is 288 g/mol. The lowest BCUT2D eigenvalue weighted by atomic mass is 10.1. The van der Waals surface area contributed by atoms with Crippen LogP contribution >= 0.6 is 0 Å². The number of benzene rings is 1. The lowest BCUT2D eigenvalue weighted by Crippen LogP contribution is -2.45. The van der Waals surface area contributed by atoms with Crippen LogP contribution < -0.4 is 10.1 Å². The number of nitrogens with zero attached hydrogens (tertiary/aromatic N) is 1. The Morgan fingerprint density at radius 1 is 1.48 bits per heavy atom. The lowest BCUT2D eigenvalue weighted by Gasteiger charge is -2.20. The first kappa shape index (κ1) is 14.7. The molecule has 0 fully saturated rings. The molecule has 6 heteroatoms. The van der Waals surface area contributed by atoms with Gasteiger partial charge in [-0.3, -0.25) is 4.79 Å². The molecule has 21 heavy (non-hydrogen) atoms. The first-order valence-corrected chi connectivity index (χ1v) is 6.52. The summed E-state index contributed by atoms with van der Waals surface area (Å²) in [6.07, 6.45) is 5.69. The Balaban J connectivity index is 1.84. The highest BCUT2D eigenvalue weighted by atomic mass is 16.5. The molecule has 1 heterocycles. The summed E-state index contributed by atoms with van der Waals surface area (Å²) in [5.41, 5.74) is 1.10. The third-order valence-electron chi connectivity index (χ3n) is 3.09. The van der Waals surface area contributed by atoms with E-state index in [4.69, 9.17) is 16.3 Å². The molecule has 0 saturated heterocycles. The molecule has 1 aromatic carbocycles. The fourth-order valence-electron chi connectivity index (χ4n) is 2.15. The van der Waals surface area contributed by atoms with Crippen molar-refractivity contribution in [1.82, 2.24) is 10.2 Å². The second-order valence-corrected chi connectivity index (χ2v) is 4.69. The maximum absolute atomic E-state index is 11.9. The van der Waals surface area contributed by atoms with E-state index < -0.39 is 18.5 Å². The SMILES string of the molecule is C#CCN(CC(=O)O)C(=O)NCC1Cc2ccccc2O1. The second-order valence-electron chi connectivity index (χ2n) is 4.69. The minimum Gasteiger partial charge on any atom is -0.488 e. The highest BCUT2D eigenvalue weighted by molar-refractivity contribution is 5.80. The van der Waals surface area contributed by atoms with Gasteiger partial charge in [0.25, 0.3) is 0 Å². The zero-order valence-electron chi connectivity index (χ0n) is 11.4. The molecular formula is C15H16N2O4. The molecule has 6 nitrogen and oxygen atoms in total. The Morgan fingerprint density at radius 3 is 2.90 bits per heavy atom. The quantitative estimate of drug-likeness (QED) is 0.783. The number of aliphatic carboxylic acids is 1. The second kappa shape index (κ2) is 6.66. The number of para-hydroxylation sites is 1. The van der Waals surface area contributed by atoms with Gasteiger partial charge in [0.1, 0.15) is 18.4 Å². The topological polar surface area (TPSA) is 78.9 Å². The van der Waals surface area contributed by atoms with Crippen molar-refractivity contribution < 1.29 is 19.4 Å². The number of nitrogens with one attached hydrogen (secondary N) is 1. The van der Waals surface area contributed by atoms with Gasteiger partial charge in [0.05, 0.1) is 13.1 Å². The fraction of sp³-hybridized carbons (Fsp3) is 0.333. The summed E-state index contributed by atoms with van der Waals surface area (Å²) in [7, 11) is 0. The van der Waals surface area contributed by atoms with Crippen LogP contribution in [0.1, 0.15) is 5.56 Å². The highest BCUT2D eigenvalue weighted by Gasteiger charge is 2.24. The van der Waals surface area contributed by atoms with Gasteiger partial charge in [-0.25, -0.2) is 4.79 Å². The van der Waals surface area contributed by atoms with Crippen molar-refractivity contribution in [2.45, 2.75) is 12.5 Å². The zero-order valence-corrected chi connectivity index (χ0v) is 11.4. The van der Waals surface area contributed by atoms with Gasteiger partial charge in [-0.05, 0) is 11.6 Å². The number of ether oxygens (including phenoxy) is 1. The van der Waals surface area contributed by atoms with E-state index >= 15 is 0 Å². The van der Waals surface area contributed by atoms with Gasteiger partial charge >= 0.3 is 12.0 Å². The number of carbonyl (C=O) groups is 2. The Bertz CT molecular complexity index is 554. The highest BCUT2D eigenvalue weighted by Crippen LogP contribution is 2.27. The van der Waals surface area contributed by atoms with Crippen LogP contribution in [-0.2, 0) is 11.2 Å². The van der Waals surface area contributed by atoms with Crippen LogP contribution in [0.5, 0.6) is 5.75 Å². The molecule has 1 aromatic rings. The van der Waals surface area contributed by atoms with Crippen molar-refractivity contribution in [1.29, 1.82) is 0 Å². The number of fused-ring (bicyclic) bond motifs is 1. The standard InChI is InChI=1S/C15H16N2O4/c1-2-7-17(10-14(18)19)15(20)16-9-12-8-11-5-3-4-6-13(11)21-12/h1,3-6,12H,7-10H2,(H,16,20)(H,18,19). The summed E-state index contributed by atoms with van der Waals surface area (Å²) < 4.78 is 5.69. The van der Waals surface area contributed by atoms with E-state index in [1.807, 2.05) is 24.3 Å². The van der Waals surface area contributed by atoms with Crippen molar-refractivity contribution in [3.8, 4) is 18.1 Å². The van der Waals surface area contributed by atoms with E-state index in [0.29, 0.717) is 13.0 Å². The van der Waals surface area contributed by atoms with Crippen molar-refractivity contribution in [3.63, 3.8) is 0 Å². The van der Waals surface area contributed by atoms with Crippen LogP contribution in [-0.4, -0.2) is 47.7 Å². The van der Waals surface area contributed by atoms with Crippen LogP contribution in [0.15, 0.2) is 24.3 Å². The van der Waals surface area contributed by atoms with Crippen LogP contribution in [0.3, 0.4) is 0 Å². The molecule has 1 atom stereocenters. The van der Waals surface area contributed by atoms with Crippen LogP contribution in [0.25, 0.3) is 0 Å². The van der Waals surface area contributed by atoms with E-state index in [-0.39, 0.29) is 12.6 Å². The zero-order chi connectivity index (χ0) is 15.2. The number of hydrogen-bond donors (Lipinski definition) is 2. The average Bonchev–Trinajstić information content (AvgIpc) is 2.86. The van der Waals surface area contributed by atoms with E-state index in [1.54, 1.807) is 0 Å². The summed E-state index contributed by atoms with van der Waals surface area (Å²) in [6.45, 7) is -0.181. The van der Waals surface area contributed by atoms with E-state index in [9.17, 15) is 9.59 Å². The van der Waals surface area contributed by atoms with Crippen molar-refractivity contribution in [2.75, 3.05) is 19.6 Å². The minimum absolute atomic E-state index is 0.0517. The summed E-state index contributed by atoms with van der Waals surface area (Å²) in [4.78, 5) is 23.6. The third kappa shape index (κ3) is 3.89. The van der Waals surface area contributed by atoms with Crippen LogP contribution in [0, 0.1) is 12.3 Å². The number of carbonyl (C=O) groups excluding carboxylic acids is 1. The van der Waals surface area contributed by atoms with Crippen molar-refractivity contribution >= 4 is 12.0 Å². The van der Waals surface area contributed by atoms with E-state index in [1.165, 1.54) is 0 Å². The molecule has 0 bridgehead atoms. The number of rotatable bonds is 5. The molecule has 2 N–H and O–H groups in total. The molecule has 2 rings (SSSR count). The molecule has 0 aromatic heterocycles. The van der Waals surface area contributed by atoms with Gasteiger partial charge in [-0.2, -0.15) is 0 Å². The largest absolute Gasteiger partial charge is 0.488 e. The summed E-state index contributed by atoms with van der Waals surface area (Å²) in [6, 6.07) is 7.18. The van der Waals surface area contributed by atoms with Crippen molar-refractivity contribution in [3.05, 3.63) is 29.8 Å². The number of amides is 2. The first-order valence-electron chi connectivity index (χ1n) is 6.52. The molecule has 1 aliphatic heterocycles. The van der Waals surface area contributed by atoms with Gasteiger partial charge < -0.3 is 20.1 Å². The summed E-state index contributed by atoms with van der Waals surface area (Å²) in [5.74, 6) is 1.98. The summed E-state index contributed by atoms with van der Waals surface area (Å²) in [5, 5.41) is 11.4. The molecule has 0 saturated carbocycles. The molecule has 2 amide bonds. The third-order valence-corrected chi connectivity index (χ3v) is 3.09. The van der Waals surface area contributed by atoms with Gasteiger partial charge in [-0.15, -0.1) is 6.42 Å². The molecular weight excluding hydrogens is 272 g/mol. The molecule has 0 spiro atoms. The maximum atomic E-state index is 11.9. The minimum atomic E-state index is -1.11. The monoisotopic (exact) mass is 288 g/mol. The van der Waals surface area contributed by atoms with Crippen molar-refractivity contribution in [2.24, 2.45) is 0 Å². The van der Waals surface area contributed by atoms with E-state index in [0.717, 1.165) is 16.2 Å². The number of hydrogen-bond acceptors (Lipinski definition) is 3. The van der Waals surface area contributed by atoms with Crippen LogP contribution in [0.2, 0.25) is 0 Å². The van der Waals surface area contributed by atoms with Gasteiger partial charge in [0.15, 0.2) is 0 Å². The fourth-order valence-corrected chi connectivity index (χ4v) is 2.15. The molecule has 1 aliphatic rings. The van der Waals surface area contributed by atoms with E-state index in [2.05, 4.69) is 11.2 Å². The number of urea groups is 1. The maximum Gasteiger partial charge on any atom is 0.323 e. The number of carboxylic acids is 1. The van der Waals surface area contributed by atoms with Gasteiger partial charge in [-0.1, -0.05) is 24.1 Å².